The fraction of sp³-hybridized carbons (Fsp3) is 0.917. The van der Waals surface area contributed by atoms with Crippen molar-refractivity contribution in [2.45, 2.75) is 52.1 Å². The Balaban J connectivity index is 2.53. The summed E-state index contributed by atoms with van der Waals surface area (Å²) in [6.45, 7) is 7.71. The van der Waals surface area contributed by atoms with Crippen molar-refractivity contribution in [2.75, 3.05) is 13.7 Å². The molecule has 0 saturated carbocycles. The molecule has 3 nitrogen and oxygen atoms in total. The fourth-order valence-corrected chi connectivity index (χ4v) is 2.53. The second kappa shape index (κ2) is 5.50. The van der Waals surface area contributed by atoms with Crippen LogP contribution in [0.25, 0.3) is 0 Å². The van der Waals surface area contributed by atoms with Crippen molar-refractivity contribution in [1.82, 2.24) is 4.90 Å². The van der Waals surface area contributed by atoms with Crippen LogP contribution in [-0.4, -0.2) is 36.6 Å². The highest BCUT2D eigenvalue weighted by Crippen LogP contribution is 2.28. The third kappa shape index (κ3) is 2.51. The Labute approximate surface area is 92.8 Å². The molecule has 0 aromatic rings. The Morgan fingerprint density at radius 3 is 2.40 bits per heavy atom. The molecule has 0 aromatic carbocycles. The first-order valence-corrected chi connectivity index (χ1v) is 5.99. The Morgan fingerprint density at radius 1 is 1.47 bits per heavy atom. The number of nitrogens with zero attached hydrogens (tertiary/aromatic N) is 1. The second-order valence-corrected chi connectivity index (χ2v) is 4.38. The lowest BCUT2D eigenvalue weighted by Gasteiger charge is -2.45. The van der Waals surface area contributed by atoms with Crippen molar-refractivity contribution in [3.8, 4) is 0 Å². The largest absolute Gasteiger partial charge is 0.468 e. The smallest absolute Gasteiger partial charge is 0.323 e. The van der Waals surface area contributed by atoms with Gasteiger partial charge in [0, 0.05) is 12.6 Å². The molecule has 1 fully saturated rings. The average molecular weight is 213 g/mol. The van der Waals surface area contributed by atoms with Crippen LogP contribution >= 0.6 is 0 Å². The first-order chi connectivity index (χ1) is 7.15. The summed E-state index contributed by atoms with van der Waals surface area (Å²) in [5.74, 6) is 0.622. The van der Waals surface area contributed by atoms with Crippen LogP contribution in [0.15, 0.2) is 0 Å². The number of ether oxygens (including phenoxy) is 1. The van der Waals surface area contributed by atoms with Gasteiger partial charge in [-0.05, 0) is 19.3 Å². The number of hydrogen-bond donors (Lipinski definition) is 0. The molecule has 15 heavy (non-hydrogen) atoms. The number of esters is 1. The highest BCUT2D eigenvalue weighted by atomic mass is 16.5. The average Bonchev–Trinajstić information content (AvgIpc) is 2.17. The highest BCUT2D eigenvalue weighted by Gasteiger charge is 2.39. The van der Waals surface area contributed by atoms with Gasteiger partial charge in [-0.3, -0.25) is 9.69 Å². The van der Waals surface area contributed by atoms with E-state index < -0.39 is 0 Å². The number of carbonyl (C=O) groups is 1. The number of hydrogen-bond acceptors (Lipinski definition) is 3. The van der Waals surface area contributed by atoms with E-state index in [1.165, 1.54) is 20.0 Å². The van der Waals surface area contributed by atoms with Gasteiger partial charge in [-0.1, -0.05) is 26.7 Å². The summed E-state index contributed by atoms with van der Waals surface area (Å²) in [5.41, 5.74) is 0. The molecule has 0 spiro atoms. The summed E-state index contributed by atoms with van der Waals surface area (Å²) < 4.78 is 4.80. The lowest BCUT2D eigenvalue weighted by Crippen LogP contribution is -2.58. The molecule has 0 aliphatic carbocycles. The van der Waals surface area contributed by atoms with Crippen molar-refractivity contribution in [3.05, 3.63) is 0 Å². The van der Waals surface area contributed by atoms with E-state index in [1.54, 1.807) is 0 Å². The van der Waals surface area contributed by atoms with Crippen molar-refractivity contribution < 1.29 is 9.53 Å². The van der Waals surface area contributed by atoms with Gasteiger partial charge in [-0.25, -0.2) is 0 Å². The maximum atomic E-state index is 11.4. The van der Waals surface area contributed by atoms with Crippen LogP contribution in [0.1, 0.15) is 40.0 Å². The molecule has 0 radical (unpaired) electrons. The third-order valence-corrected chi connectivity index (χ3v) is 3.79. The Morgan fingerprint density at radius 2 is 2.07 bits per heavy atom. The molecule has 1 heterocycles. The summed E-state index contributed by atoms with van der Waals surface area (Å²) in [6.07, 6.45) is 3.32. The summed E-state index contributed by atoms with van der Waals surface area (Å²) in [4.78, 5) is 13.7. The SMILES string of the molecule is CCC(CC)C(C)N1CCC1C(=O)OC. The molecule has 1 saturated heterocycles. The monoisotopic (exact) mass is 213 g/mol. The maximum Gasteiger partial charge on any atom is 0.323 e. The molecule has 88 valence electrons. The lowest BCUT2D eigenvalue weighted by molar-refractivity contribution is -0.154. The predicted molar refractivity (Wildman–Crippen MR) is 60.7 cm³/mol. The van der Waals surface area contributed by atoms with E-state index >= 15 is 0 Å². The lowest BCUT2D eigenvalue weighted by atomic mass is 9.89. The van der Waals surface area contributed by atoms with E-state index in [4.69, 9.17) is 4.74 Å². The minimum atomic E-state index is -0.0703. The fourth-order valence-electron chi connectivity index (χ4n) is 2.53. The van der Waals surface area contributed by atoms with Crippen LogP contribution in [0.4, 0.5) is 0 Å². The Hall–Kier alpha value is -0.570. The van der Waals surface area contributed by atoms with Crippen molar-refractivity contribution in [3.63, 3.8) is 0 Å². The van der Waals surface area contributed by atoms with E-state index in [-0.39, 0.29) is 12.0 Å². The van der Waals surface area contributed by atoms with Gasteiger partial charge >= 0.3 is 5.97 Å². The van der Waals surface area contributed by atoms with Crippen LogP contribution in [0.5, 0.6) is 0 Å². The molecular formula is C12H23NO2. The zero-order valence-electron chi connectivity index (χ0n) is 10.3. The highest BCUT2D eigenvalue weighted by molar-refractivity contribution is 5.76. The number of likely N-dealkylation sites (tertiary alicyclic amines) is 1. The van der Waals surface area contributed by atoms with E-state index in [1.807, 2.05) is 0 Å². The quantitative estimate of drug-likeness (QED) is 0.655. The van der Waals surface area contributed by atoms with Crippen LogP contribution in [0.3, 0.4) is 0 Å². The van der Waals surface area contributed by atoms with Gasteiger partial charge in [0.15, 0.2) is 0 Å². The Kier molecular flexibility index (Phi) is 4.58. The molecule has 3 heteroatoms. The molecule has 0 aromatic heterocycles. The summed E-state index contributed by atoms with van der Waals surface area (Å²) >= 11 is 0. The zero-order valence-corrected chi connectivity index (χ0v) is 10.3. The maximum absolute atomic E-state index is 11.4. The topological polar surface area (TPSA) is 29.5 Å². The van der Waals surface area contributed by atoms with Gasteiger partial charge in [0.25, 0.3) is 0 Å². The first-order valence-electron chi connectivity index (χ1n) is 5.99. The first kappa shape index (κ1) is 12.5. The molecular weight excluding hydrogens is 190 g/mol. The second-order valence-electron chi connectivity index (χ2n) is 4.38. The molecule has 2 unspecified atom stereocenters. The standard InChI is InChI=1S/C12H23NO2/c1-5-10(6-2)9(3)13-8-7-11(13)12(14)15-4/h9-11H,5-8H2,1-4H3. The van der Waals surface area contributed by atoms with Gasteiger partial charge in [0.1, 0.15) is 6.04 Å². The van der Waals surface area contributed by atoms with Gasteiger partial charge in [0.2, 0.25) is 0 Å². The van der Waals surface area contributed by atoms with Crippen LogP contribution in [-0.2, 0) is 9.53 Å². The van der Waals surface area contributed by atoms with Crippen molar-refractivity contribution in [1.29, 1.82) is 0 Å². The van der Waals surface area contributed by atoms with Crippen LogP contribution in [0.2, 0.25) is 0 Å². The summed E-state index contributed by atoms with van der Waals surface area (Å²) in [5, 5.41) is 0. The number of carbonyl (C=O) groups excluding carboxylic acids is 1. The molecule has 0 amide bonds. The van der Waals surface area contributed by atoms with E-state index in [0.717, 1.165) is 13.0 Å². The number of rotatable bonds is 5. The van der Waals surface area contributed by atoms with E-state index in [9.17, 15) is 4.79 Å². The molecule has 1 rings (SSSR count). The number of methoxy groups -OCH3 is 1. The van der Waals surface area contributed by atoms with Gasteiger partial charge in [-0.15, -0.1) is 0 Å². The van der Waals surface area contributed by atoms with E-state index in [2.05, 4.69) is 25.7 Å². The van der Waals surface area contributed by atoms with Crippen molar-refractivity contribution in [2.24, 2.45) is 5.92 Å². The van der Waals surface area contributed by atoms with Gasteiger partial charge in [-0.2, -0.15) is 0 Å². The third-order valence-electron chi connectivity index (χ3n) is 3.79. The Bertz CT molecular complexity index is 214. The molecule has 2 atom stereocenters. The van der Waals surface area contributed by atoms with E-state index in [0.29, 0.717) is 12.0 Å². The normalized spacial score (nSPS) is 23.7. The van der Waals surface area contributed by atoms with Crippen LogP contribution in [0, 0.1) is 5.92 Å². The summed E-state index contributed by atoms with van der Waals surface area (Å²) in [7, 11) is 1.47. The summed E-state index contributed by atoms with van der Waals surface area (Å²) in [6, 6.07) is 0.517. The molecule has 0 N–H and O–H groups in total. The van der Waals surface area contributed by atoms with Crippen molar-refractivity contribution >= 4 is 5.97 Å². The van der Waals surface area contributed by atoms with Crippen LogP contribution < -0.4 is 0 Å². The minimum absolute atomic E-state index is 0.0191. The zero-order chi connectivity index (χ0) is 11.4. The molecule has 0 bridgehead atoms. The minimum Gasteiger partial charge on any atom is -0.468 e. The predicted octanol–water partition coefficient (Wildman–Crippen LogP) is 2.06. The van der Waals surface area contributed by atoms with Gasteiger partial charge in [0.05, 0.1) is 7.11 Å². The molecule has 1 aliphatic rings. The molecule has 1 aliphatic heterocycles. The van der Waals surface area contributed by atoms with Gasteiger partial charge < -0.3 is 4.74 Å².